The largest absolute Gasteiger partial charge is 0.500 e. The number of nitrogens with zero attached hydrogens (tertiary/aromatic N) is 2. The average Bonchev–Trinajstić information content (AvgIpc) is 3.04. The Bertz CT molecular complexity index is 1080. The second kappa shape index (κ2) is 23.5. The zero-order valence-electron chi connectivity index (χ0n) is 28.4. The lowest BCUT2D eigenvalue weighted by molar-refractivity contribution is -0.123. The molecule has 2 aromatic carbocycles. The van der Waals surface area contributed by atoms with Crippen molar-refractivity contribution in [3.63, 3.8) is 0 Å². The van der Waals surface area contributed by atoms with Crippen LogP contribution in [0.3, 0.4) is 0 Å². The van der Waals surface area contributed by atoms with Crippen molar-refractivity contribution in [1.82, 2.24) is 5.32 Å². The SMILES string of the molecule is CCCCCCOc1ccc(N=Nc2ccc(CCCCCC)cc2)c(OCC(=O)NCCC[Si](OCC)(OCC)OCC)c1. The number of ether oxygens (including phenoxy) is 2. The molecule has 0 unspecified atom stereocenters. The van der Waals surface area contributed by atoms with Crippen molar-refractivity contribution in [2.45, 2.75) is 105 Å². The van der Waals surface area contributed by atoms with Gasteiger partial charge in [0.15, 0.2) is 12.4 Å². The molecule has 1 amide bonds. The molecule has 0 heterocycles. The highest BCUT2D eigenvalue weighted by atomic mass is 28.4. The van der Waals surface area contributed by atoms with E-state index in [1.807, 2.05) is 45.0 Å². The number of hydrogen-bond donors (Lipinski definition) is 1. The molecule has 1 N–H and O–H groups in total. The van der Waals surface area contributed by atoms with Crippen LogP contribution in [-0.2, 0) is 24.5 Å². The van der Waals surface area contributed by atoms with Crippen molar-refractivity contribution in [1.29, 1.82) is 0 Å². The fourth-order valence-electron chi connectivity index (χ4n) is 4.83. The number of hydrogen-bond acceptors (Lipinski definition) is 8. The van der Waals surface area contributed by atoms with E-state index in [0.29, 0.717) is 62.6 Å². The van der Waals surface area contributed by atoms with Crippen molar-refractivity contribution in [2.75, 3.05) is 39.6 Å². The highest BCUT2D eigenvalue weighted by Crippen LogP contribution is 2.33. The number of azo groups is 1. The van der Waals surface area contributed by atoms with Crippen molar-refractivity contribution in [2.24, 2.45) is 10.2 Å². The van der Waals surface area contributed by atoms with Crippen LogP contribution < -0.4 is 14.8 Å². The Morgan fingerprint density at radius 1 is 0.733 bits per heavy atom. The minimum Gasteiger partial charge on any atom is -0.493 e. The van der Waals surface area contributed by atoms with Gasteiger partial charge in [-0.15, -0.1) is 5.11 Å². The summed E-state index contributed by atoms with van der Waals surface area (Å²) in [6.45, 7) is 12.7. The number of carbonyl (C=O) groups is 1. The lowest BCUT2D eigenvalue weighted by Crippen LogP contribution is -2.46. The number of amides is 1. The Morgan fingerprint density at radius 3 is 2.04 bits per heavy atom. The van der Waals surface area contributed by atoms with Crippen molar-refractivity contribution < 1.29 is 27.5 Å². The van der Waals surface area contributed by atoms with Crippen LogP contribution in [0, 0.1) is 0 Å². The Kier molecular flexibility index (Phi) is 20.1. The minimum absolute atomic E-state index is 0.153. The minimum atomic E-state index is -2.74. The van der Waals surface area contributed by atoms with Gasteiger partial charge in [0.05, 0.1) is 12.3 Å². The molecular weight excluding hydrogens is 586 g/mol. The first-order valence-corrected chi connectivity index (χ1v) is 19.0. The van der Waals surface area contributed by atoms with Gasteiger partial charge in [-0.05, 0) is 76.3 Å². The van der Waals surface area contributed by atoms with E-state index in [-0.39, 0.29) is 12.5 Å². The maximum absolute atomic E-state index is 12.7. The van der Waals surface area contributed by atoms with E-state index in [9.17, 15) is 4.79 Å². The molecule has 0 saturated heterocycles. The molecule has 0 spiro atoms. The Balaban J connectivity index is 2.01. The first kappa shape index (κ1) is 38.4. The number of benzene rings is 2. The van der Waals surface area contributed by atoms with Gasteiger partial charge in [-0.3, -0.25) is 4.79 Å². The summed E-state index contributed by atoms with van der Waals surface area (Å²) < 4.78 is 29.6. The van der Waals surface area contributed by atoms with E-state index in [1.165, 1.54) is 44.1 Å². The third kappa shape index (κ3) is 15.9. The lowest BCUT2D eigenvalue weighted by atomic mass is 10.1. The fraction of sp³-hybridized carbons (Fsp3) is 0.629. The standard InChI is InChI=1S/C35H57N3O6Si/c1-6-11-13-15-18-30-19-21-31(22-20-30)37-38-33-24-23-32(40-26-16-14-12-7-2)28-34(33)41-29-35(39)36-25-17-27-45(42-8-3,43-9-4)44-10-5/h19-24,28H,6-18,25-27,29H2,1-5H3,(H,36,39). The Labute approximate surface area is 272 Å². The highest BCUT2D eigenvalue weighted by molar-refractivity contribution is 6.60. The summed E-state index contributed by atoms with van der Waals surface area (Å²) in [6.07, 6.45) is 11.2. The summed E-state index contributed by atoms with van der Waals surface area (Å²) in [4.78, 5) is 12.7. The average molecular weight is 644 g/mol. The van der Waals surface area contributed by atoms with Gasteiger partial charge in [-0.25, -0.2) is 0 Å². The van der Waals surface area contributed by atoms with Crippen molar-refractivity contribution >= 4 is 26.1 Å². The van der Waals surface area contributed by atoms with Gasteiger partial charge >= 0.3 is 8.80 Å². The van der Waals surface area contributed by atoms with E-state index < -0.39 is 8.80 Å². The van der Waals surface area contributed by atoms with E-state index in [4.69, 9.17) is 22.8 Å². The van der Waals surface area contributed by atoms with Crippen LogP contribution in [0.4, 0.5) is 11.4 Å². The van der Waals surface area contributed by atoms with Crippen LogP contribution in [0.15, 0.2) is 52.7 Å². The van der Waals surface area contributed by atoms with Gasteiger partial charge in [-0.2, -0.15) is 5.11 Å². The molecule has 252 valence electrons. The lowest BCUT2D eigenvalue weighted by Gasteiger charge is -2.28. The summed E-state index contributed by atoms with van der Waals surface area (Å²) in [5.41, 5.74) is 2.60. The molecule has 2 aromatic rings. The highest BCUT2D eigenvalue weighted by Gasteiger charge is 2.39. The number of unbranched alkanes of at least 4 members (excludes halogenated alkanes) is 6. The summed E-state index contributed by atoms with van der Waals surface area (Å²) in [5.74, 6) is 0.898. The Hall–Kier alpha value is -2.79. The molecule has 0 aliphatic carbocycles. The van der Waals surface area contributed by atoms with Crippen LogP contribution >= 0.6 is 0 Å². The molecule has 2 rings (SSSR count). The Morgan fingerprint density at radius 2 is 1.40 bits per heavy atom. The van der Waals surface area contributed by atoms with Crippen LogP contribution in [0.5, 0.6) is 11.5 Å². The van der Waals surface area contributed by atoms with Crippen molar-refractivity contribution in [3.8, 4) is 11.5 Å². The van der Waals surface area contributed by atoms with Crippen LogP contribution in [0.1, 0.15) is 98.0 Å². The quantitative estimate of drug-likeness (QED) is 0.0623. The molecule has 0 aliphatic rings. The first-order chi connectivity index (χ1) is 22.0. The van der Waals surface area contributed by atoms with E-state index in [0.717, 1.165) is 24.9 Å². The zero-order valence-corrected chi connectivity index (χ0v) is 29.4. The molecular formula is C35H57N3O6Si. The molecule has 0 aliphatic heterocycles. The molecule has 0 fully saturated rings. The van der Waals surface area contributed by atoms with Gasteiger partial charge in [0.1, 0.15) is 11.4 Å². The van der Waals surface area contributed by atoms with Crippen LogP contribution in [0.2, 0.25) is 6.04 Å². The molecule has 0 aromatic heterocycles. The molecule has 10 heteroatoms. The summed E-state index contributed by atoms with van der Waals surface area (Å²) in [5, 5.41) is 11.8. The zero-order chi connectivity index (χ0) is 32.6. The van der Waals surface area contributed by atoms with Gasteiger partial charge in [-0.1, -0.05) is 64.5 Å². The molecule has 45 heavy (non-hydrogen) atoms. The maximum Gasteiger partial charge on any atom is 0.500 e. The number of nitrogens with one attached hydrogen (secondary N) is 1. The van der Waals surface area contributed by atoms with Crippen LogP contribution in [-0.4, -0.2) is 54.3 Å². The smallest absolute Gasteiger partial charge is 0.493 e. The fourth-order valence-corrected chi connectivity index (χ4v) is 7.44. The summed E-state index contributed by atoms with van der Waals surface area (Å²) in [7, 11) is -2.74. The first-order valence-electron chi connectivity index (χ1n) is 17.1. The molecule has 0 radical (unpaired) electrons. The third-order valence-electron chi connectivity index (χ3n) is 7.16. The van der Waals surface area contributed by atoms with E-state index in [1.54, 1.807) is 6.07 Å². The predicted octanol–water partition coefficient (Wildman–Crippen LogP) is 9.12. The maximum atomic E-state index is 12.7. The second-order valence-corrected chi connectivity index (χ2v) is 13.7. The number of carbonyl (C=O) groups excluding carboxylic acids is 1. The molecule has 0 atom stereocenters. The topological polar surface area (TPSA) is 100.0 Å². The van der Waals surface area contributed by atoms with Gasteiger partial charge < -0.3 is 28.1 Å². The normalized spacial score (nSPS) is 11.7. The van der Waals surface area contributed by atoms with Gasteiger partial charge in [0.2, 0.25) is 0 Å². The van der Waals surface area contributed by atoms with Gasteiger partial charge in [0.25, 0.3) is 5.91 Å². The predicted molar refractivity (Wildman–Crippen MR) is 183 cm³/mol. The summed E-state index contributed by atoms with van der Waals surface area (Å²) in [6, 6.07) is 14.3. The van der Waals surface area contributed by atoms with E-state index in [2.05, 4.69) is 41.5 Å². The second-order valence-electron chi connectivity index (χ2n) is 10.9. The number of rotatable bonds is 26. The molecule has 9 nitrogen and oxygen atoms in total. The van der Waals surface area contributed by atoms with Crippen LogP contribution in [0.25, 0.3) is 0 Å². The van der Waals surface area contributed by atoms with Crippen molar-refractivity contribution in [3.05, 3.63) is 48.0 Å². The van der Waals surface area contributed by atoms with Gasteiger partial charge in [0, 0.05) is 38.5 Å². The molecule has 0 saturated carbocycles. The molecule has 0 bridgehead atoms. The number of aryl methyl sites for hydroxylation is 1. The monoisotopic (exact) mass is 643 g/mol. The third-order valence-corrected chi connectivity index (χ3v) is 10.3. The summed E-state index contributed by atoms with van der Waals surface area (Å²) >= 11 is 0. The van der Waals surface area contributed by atoms with E-state index >= 15 is 0 Å².